The maximum Gasteiger partial charge on any atom is 0.119 e. The largest absolute Gasteiger partial charge is 0.492 e. The van der Waals surface area contributed by atoms with E-state index in [0.29, 0.717) is 6.61 Å². The molecular formula is C16H22N2O. The molecule has 2 aromatic rings. The lowest BCUT2D eigenvalue weighted by Gasteiger charge is -2.07. The van der Waals surface area contributed by atoms with Crippen molar-refractivity contribution in [2.24, 2.45) is 0 Å². The number of rotatable bonds is 7. The average molecular weight is 258 g/mol. The van der Waals surface area contributed by atoms with Crippen LogP contribution in [0.5, 0.6) is 5.75 Å². The highest BCUT2D eigenvalue weighted by Gasteiger charge is 1.96. The van der Waals surface area contributed by atoms with Crippen molar-refractivity contribution >= 4 is 0 Å². The zero-order valence-corrected chi connectivity index (χ0v) is 11.7. The number of aromatic nitrogens is 1. The molecule has 1 aromatic heterocycles. The Morgan fingerprint density at radius 3 is 2.89 bits per heavy atom. The van der Waals surface area contributed by atoms with E-state index in [1.54, 1.807) is 0 Å². The fourth-order valence-electron chi connectivity index (χ4n) is 1.97. The minimum absolute atomic E-state index is 0.692. The monoisotopic (exact) mass is 258 g/mol. The number of aryl methyl sites for hydroxylation is 2. The van der Waals surface area contributed by atoms with Crippen LogP contribution in [0.15, 0.2) is 42.7 Å². The molecule has 1 heterocycles. The first-order valence-electron chi connectivity index (χ1n) is 6.83. The van der Waals surface area contributed by atoms with E-state index in [0.717, 1.165) is 25.4 Å². The van der Waals surface area contributed by atoms with Crippen LogP contribution in [0.2, 0.25) is 0 Å². The fraction of sp³-hybridized carbons (Fsp3) is 0.375. The first kappa shape index (κ1) is 13.7. The molecule has 0 saturated carbocycles. The van der Waals surface area contributed by atoms with E-state index in [1.165, 1.54) is 11.1 Å². The van der Waals surface area contributed by atoms with Crippen molar-refractivity contribution in [3.63, 3.8) is 0 Å². The molecule has 3 heteroatoms. The Morgan fingerprint density at radius 1 is 1.26 bits per heavy atom. The number of ether oxygens (including phenoxy) is 1. The van der Waals surface area contributed by atoms with Gasteiger partial charge in [-0.25, -0.2) is 0 Å². The summed E-state index contributed by atoms with van der Waals surface area (Å²) in [5, 5.41) is 3.39. The van der Waals surface area contributed by atoms with Crippen molar-refractivity contribution in [2.75, 3.05) is 13.2 Å². The number of hydrogen-bond donors (Lipinski definition) is 1. The number of benzene rings is 1. The molecule has 3 nitrogen and oxygen atoms in total. The van der Waals surface area contributed by atoms with Crippen molar-refractivity contribution in [1.82, 2.24) is 9.88 Å². The van der Waals surface area contributed by atoms with Gasteiger partial charge in [-0.3, -0.25) is 0 Å². The van der Waals surface area contributed by atoms with Crippen molar-refractivity contribution < 1.29 is 4.74 Å². The van der Waals surface area contributed by atoms with Gasteiger partial charge in [0, 0.05) is 32.0 Å². The molecule has 0 aliphatic rings. The molecule has 0 unspecified atom stereocenters. The summed E-state index contributed by atoms with van der Waals surface area (Å²) in [7, 11) is 0. The van der Waals surface area contributed by atoms with Gasteiger partial charge < -0.3 is 14.6 Å². The lowest BCUT2D eigenvalue weighted by Crippen LogP contribution is -2.20. The maximum atomic E-state index is 5.68. The smallest absolute Gasteiger partial charge is 0.119 e. The lowest BCUT2D eigenvalue weighted by atomic mass is 10.2. The number of nitrogens with zero attached hydrogens (tertiary/aromatic N) is 1. The van der Waals surface area contributed by atoms with Crippen LogP contribution in [0.25, 0.3) is 0 Å². The molecule has 0 amide bonds. The average Bonchev–Trinajstić information content (AvgIpc) is 2.86. The van der Waals surface area contributed by atoms with Crippen LogP contribution >= 0.6 is 0 Å². The molecule has 0 aliphatic heterocycles. The van der Waals surface area contributed by atoms with Gasteiger partial charge in [0.05, 0.1) is 0 Å². The molecule has 0 spiro atoms. The highest BCUT2D eigenvalue weighted by molar-refractivity contribution is 5.27. The van der Waals surface area contributed by atoms with Crippen LogP contribution in [-0.4, -0.2) is 17.7 Å². The predicted octanol–water partition coefficient (Wildman–Crippen LogP) is 2.99. The maximum absolute atomic E-state index is 5.68. The summed E-state index contributed by atoms with van der Waals surface area (Å²) < 4.78 is 7.86. The normalized spacial score (nSPS) is 10.6. The van der Waals surface area contributed by atoms with E-state index in [4.69, 9.17) is 4.74 Å². The van der Waals surface area contributed by atoms with Crippen molar-refractivity contribution in [1.29, 1.82) is 0 Å². The Morgan fingerprint density at radius 2 is 2.16 bits per heavy atom. The Balaban J connectivity index is 1.64. The van der Waals surface area contributed by atoms with Crippen LogP contribution < -0.4 is 10.1 Å². The highest BCUT2D eigenvalue weighted by atomic mass is 16.5. The van der Waals surface area contributed by atoms with E-state index < -0.39 is 0 Å². The SMILES string of the molecule is CCn1ccc(CNCCOc2cccc(C)c2)c1. The Hall–Kier alpha value is -1.74. The third kappa shape index (κ3) is 4.45. The minimum atomic E-state index is 0.692. The second-order valence-electron chi connectivity index (χ2n) is 4.69. The predicted molar refractivity (Wildman–Crippen MR) is 78.5 cm³/mol. The van der Waals surface area contributed by atoms with Gasteiger partial charge >= 0.3 is 0 Å². The number of hydrogen-bond acceptors (Lipinski definition) is 2. The van der Waals surface area contributed by atoms with Crippen LogP contribution in [0.1, 0.15) is 18.1 Å². The van der Waals surface area contributed by atoms with Crippen LogP contribution in [0.4, 0.5) is 0 Å². The Bertz CT molecular complexity index is 505. The van der Waals surface area contributed by atoms with Gasteiger partial charge in [0.25, 0.3) is 0 Å². The second-order valence-corrected chi connectivity index (χ2v) is 4.69. The van der Waals surface area contributed by atoms with Gasteiger partial charge in [0.15, 0.2) is 0 Å². The van der Waals surface area contributed by atoms with Crippen molar-refractivity contribution in [3.8, 4) is 5.75 Å². The molecule has 0 atom stereocenters. The van der Waals surface area contributed by atoms with Gasteiger partial charge in [0.2, 0.25) is 0 Å². The molecular weight excluding hydrogens is 236 g/mol. The van der Waals surface area contributed by atoms with Gasteiger partial charge in [-0.1, -0.05) is 12.1 Å². The van der Waals surface area contributed by atoms with Gasteiger partial charge in [0.1, 0.15) is 12.4 Å². The van der Waals surface area contributed by atoms with Crippen LogP contribution in [0, 0.1) is 6.92 Å². The standard InChI is InChI=1S/C16H22N2O/c1-3-18-9-7-15(13-18)12-17-8-10-19-16-6-4-5-14(2)11-16/h4-7,9,11,13,17H,3,8,10,12H2,1-2H3. The van der Waals surface area contributed by atoms with E-state index in [1.807, 2.05) is 12.1 Å². The van der Waals surface area contributed by atoms with Gasteiger partial charge in [-0.2, -0.15) is 0 Å². The van der Waals surface area contributed by atoms with Crippen molar-refractivity contribution in [2.45, 2.75) is 26.9 Å². The third-order valence-corrected chi connectivity index (χ3v) is 3.04. The summed E-state index contributed by atoms with van der Waals surface area (Å²) in [6.45, 7) is 7.68. The molecule has 0 fully saturated rings. The molecule has 1 N–H and O–H groups in total. The molecule has 0 bridgehead atoms. The topological polar surface area (TPSA) is 26.2 Å². The molecule has 1 aromatic carbocycles. The first-order chi connectivity index (χ1) is 9.28. The first-order valence-corrected chi connectivity index (χ1v) is 6.83. The summed E-state index contributed by atoms with van der Waals surface area (Å²) in [4.78, 5) is 0. The number of nitrogens with one attached hydrogen (secondary N) is 1. The molecule has 2 rings (SSSR count). The zero-order chi connectivity index (χ0) is 13.5. The van der Waals surface area contributed by atoms with Gasteiger partial charge in [-0.15, -0.1) is 0 Å². The van der Waals surface area contributed by atoms with E-state index in [9.17, 15) is 0 Å². The van der Waals surface area contributed by atoms with Crippen LogP contribution in [0.3, 0.4) is 0 Å². The quantitative estimate of drug-likeness (QED) is 0.773. The third-order valence-electron chi connectivity index (χ3n) is 3.04. The molecule has 102 valence electrons. The Labute approximate surface area is 115 Å². The van der Waals surface area contributed by atoms with E-state index >= 15 is 0 Å². The molecule has 0 aliphatic carbocycles. The minimum Gasteiger partial charge on any atom is -0.492 e. The van der Waals surface area contributed by atoms with Gasteiger partial charge in [-0.05, 0) is 43.2 Å². The summed E-state index contributed by atoms with van der Waals surface area (Å²) in [5.74, 6) is 0.943. The fourth-order valence-corrected chi connectivity index (χ4v) is 1.97. The van der Waals surface area contributed by atoms with Crippen LogP contribution in [-0.2, 0) is 13.1 Å². The highest BCUT2D eigenvalue weighted by Crippen LogP contribution is 2.11. The molecule has 0 radical (unpaired) electrons. The molecule has 0 saturated heterocycles. The lowest BCUT2D eigenvalue weighted by molar-refractivity contribution is 0.313. The van der Waals surface area contributed by atoms with E-state index in [2.05, 4.69) is 54.3 Å². The van der Waals surface area contributed by atoms with E-state index in [-0.39, 0.29) is 0 Å². The summed E-state index contributed by atoms with van der Waals surface area (Å²) in [6, 6.07) is 10.3. The van der Waals surface area contributed by atoms with Crippen molar-refractivity contribution in [3.05, 3.63) is 53.9 Å². The molecule has 19 heavy (non-hydrogen) atoms. The zero-order valence-electron chi connectivity index (χ0n) is 11.7. The summed E-state index contributed by atoms with van der Waals surface area (Å²) in [5.41, 5.74) is 2.55. The second kappa shape index (κ2) is 7.00. The summed E-state index contributed by atoms with van der Waals surface area (Å²) >= 11 is 0. The summed E-state index contributed by atoms with van der Waals surface area (Å²) in [6.07, 6.45) is 4.29. The Kier molecular flexibility index (Phi) is 5.04.